The molecule has 2 atom stereocenters. The molecule has 0 bridgehead atoms. The SMILES string of the molecule is [2H]c1nc(N(C)[C@@H]2[C@H](C)CCN(C(=O)C([2H])([2H])[N+]#[C-])C2([2H])[2H])c2cc[nH]c2n1. The number of amides is 1. The number of carbonyl (C=O) groups excluding carboxylic acids is 1. The first-order chi connectivity index (χ1) is 13.0. The van der Waals surface area contributed by atoms with Crippen LogP contribution in [0.5, 0.6) is 0 Å². The highest BCUT2D eigenvalue weighted by Crippen LogP contribution is 2.28. The molecule has 1 N–H and O–H groups in total. The van der Waals surface area contributed by atoms with E-state index in [0.29, 0.717) is 23.3 Å². The molecule has 3 rings (SSSR count). The van der Waals surface area contributed by atoms with Crippen LogP contribution >= 0.6 is 0 Å². The molecule has 0 aliphatic carbocycles. The minimum atomic E-state index is -2.83. The second-order valence-electron chi connectivity index (χ2n) is 5.52. The molecule has 3 heterocycles. The van der Waals surface area contributed by atoms with E-state index in [2.05, 4.69) is 19.8 Å². The Morgan fingerprint density at radius 1 is 1.74 bits per heavy atom. The maximum Gasteiger partial charge on any atom is 0.302 e. The number of nitrogens with zero attached hydrogens (tertiary/aromatic N) is 5. The second-order valence-corrected chi connectivity index (χ2v) is 5.52. The molecule has 0 radical (unpaired) electrons. The zero-order chi connectivity index (χ0) is 20.9. The van der Waals surface area contributed by atoms with Gasteiger partial charge in [-0.2, -0.15) is 0 Å². The number of H-pyrrole nitrogens is 1. The number of likely N-dealkylation sites (tertiary alicyclic amines) is 1. The molecule has 0 unspecified atom stereocenters. The van der Waals surface area contributed by atoms with Gasteiger partial charge in [-0.1, -0.05) is 6.92 Å². The van der Waals surface area contributed by atoms with Gasteiger partial charge in [-0.05, 0) is 18.4 Å². The Bertz CT molecular complexity index is 955. The quantitative estimate of drug-likeness (QED) is 0.872. The van der Waals surface area contributed by atoms with Crippen molar-refractivity contribution in [2.45, 2.75) is 19.4 Å². The number of piperidine rings is 1. The predicted octanol–water partition coefficient (Wildman–Crippen LogP) is 1.55. The minimum absolute atomic E-state index is 0.0133. The zero-order valence-electron chi connectivity index (χ0n) is 17.9. The summed E-state index contributed by atoms with van der Waals surface area (Å²) < 4.78 is 40.2. The number of anilines is 1. The van der Waals surface area contributed by atoms with E-state index in [1.807, 2.05) is 6.92 Å². The van der Waals surface area contributed by atoms with Gasteiger partial charge in [0.1, 0.15) is 21.9 Å². The molecule has 1 aliphatic rings. The van der Waals surface area contributed by atoms with E-state index in [0.717, 1.165) is 4.90 Å². The normalized spacial score (nSPS) is 27.2. The molecule has 7 nitrogen and oxygen atoms in total. The van der Waals surface area contributed by atoms with Gasteiger partial charge in [-0.25, -0.2) is 16.5 Å². The average Bonchev–Trinajstić information content (AvgIpc) is 3.08. The van der Waals surface area contributed by atoms with Crippen molar-refractivity contribution < 1.29 is 11.6 Å². The van der Waals surface area contributed by atoms with Gasteiger partial charge >= 0.3 is 5.91 Å². The van der Waals surface area contributed by atoms with Crippen LogP contribution in [0.3, 0.4) is 0 Å². The monoisotopic (exact) mass is 317 g/mol. The van der Waals surface area contributed by atoms with Crippen molar-refractivity contribution >= 4 is 22.8 Å². The smallest absolute Gasteiger partial charge is 0.302 e. The first-order valence-corrected chi connectivity index (χ1v) is 7.26. The van der Waals surface area contributed by atoms with Crippen molar-refractivity contribution in [3.8, 4) is 0 Å². The van der Waals surface area contributed by atoms with Gasteiger partial charge in [0.25, 0.3) is 6.50 Å². The Morgan fingerprint density at radius 2 is 2.57 bits per heavy atom. The number of carbonyl (C=O) groups is 1. The van der Waals surface area contributed by atoms with Gasteiger partial charge in [-0.15, -0.1) is 0 Å². The van der Waals surface area contributed by atoms with Gasteiger partial charge in [-0.3, -0.25) is 4.79 Å². The van der Waals surface area contributed by atoms with Gasteiger partial charge in [0, 0.05) is 26.3 Å². The molecular formula is C16H20N6O. The summed E-state index contributed by atoms with van der Waals surface area (Å²) in [5, 5.41) is 0.612. The van der Waals surface area contributed by atoms with Crippen molar-refractivity contribution in [3.05, 3.63) is 30.0 Å². The molecular weight excluding hydrogens is 292 g/mol. The average molecular weight is 317 g/mol. The topological polar surface area (TPSA) is 69.5 Å². The lowest BCUT2D eigenvalue weighted by molar-refractivity contribution is -0.130. The summed E-state index contributed by atoms with van der Waals surface area (Å²) in [5.41, 5.74) is 0.447. The Hall–Kier alpha value is -2.62. The van der Waals surface area contributed by atoms with Crippen molar-refractivity contribution in [1.29, 1.82) is 0 Å². The van der Waals surface area contributed by atoms with Crippen LogP contribution in [0.4, 0.5) is 5.82 Å². The number of likely N-dealkylation sites (N-methyl/N-ethyl adjacent to an activating group) is 1. The fourth-order valence-electron chi connectivity index (χ4n) is 2.80. The Morgan fingerprint density at radius 3 is 3.35 bits per heavy atom. The van der Waals surface area contributed by atoms with Gasteiger partial charge in [0.15, 0.2) is 0 Å². The minimum Gasteiger partial charge on any atom is -0.354 e. The van der Waals surface area contributed by atoms with E-state index < -0.39 is 24.9 Å². The van der Waals surface area contributed by atoms with Gasteiger partial charge in [0.2, 0.25) is 0 Å². The van der Waals surface area contributed by atoms with Crippen LogP contribution in [0.25, 0.3) is 15.9 Å². The number of rotatable bonds is 3. The molecule has 23 heavy (non-hydrogen) atoms. The summed E-state index contributed by atoms with van der Waals surface area (Å²) in [5.74, 6) is -1.03. The maximum absolute atomic E-state index is 12.5. The Labute approximate surface area is 142 Å². The summed E-state index contributed by atoms with van der Waals surface area (Å²) in [6, 6.07) is 0.864. The maximum atomic E-state index is 12.5. The third kappa shape index (κ3) is 2.84. The van der Waals surface area contributed by atoms with E-state index >= 15 is 0 Å². The van der Waals surface area contributed by atoms with Gasteiger partial charge in [0.05, 0.1) is 14.2 Å². The standard InChI is InChI=1S/C16H20N6O/c1-11-5-7-22(14(23)8-17-2)9-13(11)21(3)16-12-4-6-18-15(12)19-10-20-16/h4,6,10-11,13H,5,7-9H2,1,3H3,(H,18,19,20)/t11-,13+/m1/s1/i8D2,9D2,10D. The van der Waals surface area contributed by atoms with Crippen LogP contribution in [0.1, 0.15) is 20.2 Å². The van der Waals surface area contributed by atoms with Crippen molar-refractivity contribution in [2.75, 3.05) is 31.5 Å². The van der Waals surface area contributed by atoms with E-state index in [4.69, 9.17) is 13.4 Å². The number of fused-ring (bicyclic) bond motifs is 1. The number of aromatic nitrogens is 3. The lowest BCUT2D eigenvalue weighted by atomic mass is 9.92. The van der Waals surface area contributed by atoms with E-state index in [1.165, 1.54) is 0 Å². The molecule has 120 valence electrons. The van der Waals surface area contributed by atoms with Crippen molar-refractivity contribution in [3.63, 3.8) is 0 Å². The molecule has 1 amide bonds. The first-order valence-electron chi connectivity index (χ1n) is 9.76. The summed E-state index contributed by atoms with van der Waals surface area (Å²) in [4.78, 5) is 28.7. The van der Waals surface area contributed by atoms with Crippen LogP contribution < -0.4 is 4.90 Å². The molecule has 2 aromatic heterocycles. The van der Waals surface area contributed by atoms with Crippen LogP contribution in [-0.2, 0) is 4.79 Å². The second kappa shape index (κ2) is 6.24. The van der Waals surface area contributed by atoms with E-state index in [1.54, 1.807) is 24.2 Å². The lowest BCUT2D eigenvalue weighted by Gasteiger charge is -2.41. The third-order valence-corrected chi connectivity index (χ3v) is 4.07. The number of hydrogen-bond acceptors (Lipinski definition) is 4. The number of aromatic amines is 1. The Kier molecular flexibility index (Phi) is 2.77. The van der Waals surface area contributed by atoms with Crippen LogP contribution in [-0.4, -0.2) is 58.4 Å². The lowest BCUT2D eigenvalue weighted by Crippen LogP contribution is -2.53. The summed E-state index contributed by atoms with van der Waals surface area (Å²) in [7, 11) is 1.63. The summed E-state index contributed by atoms with van der Waals surface area (Å²) >= 11 is 0. The highest BCUT2D eigenvalue weighted by Gasteiger charge is 2.33. The molecule has 7 heteroatoms. The van der Waals surface area contributed by atoms with E-state index in [-0.39, 0.29) is 18.8 Å². The molecule has 0 aromatic carbocycles. The largest absolute Gasteiger partial charge is 0.354 e. The molecule has 0 spiro atoms. The Balaban J connectivity index is 2.05. The fraction of sp³-hybridized carbons (Fsp3) is 0.500. The molecule has 1 saturated heterocycles. The summed E-state index contributed by atoms with van der Waals surface area (Å²) in [6.07, 6.45) is 1.86. The van der Waals surface area contributed by atoms with Crippen LogP contribution in [0.15, 0.2) is 18.6 Å². The highest BCUT2D eigenvalue weighted by atomic mass is 16.2. The fourth-order valence-corrected chi connectivity index (χ4v) is 2.80. The molecule has 0 saturated carbocycles. The number of hydrogen-bond donors (Lipinski definition) is 1. The van der Waals surface area contributed by atoms with Gasteiger partial charge < -0.3 is 19.6 Å². The molecule has 2 aromatic rings. The third-order valence-electron chi connectivity index (χ3n) is 4.07. The van der Waals surface area contributed by atoms with Crippen molar-refractivity contribution in [2.24, 2.45) is 5.92 Å². The summed E-state index contributed by atoms with van der Waals surface area (Å²) in [6.45, 7) is 3.70. The number of nitrogens with one attached hydrogen (secondary N) is 1. The van der Waals surface area contributed by atoms with Crippen LogP contribution in [0, 0.1) is 12.5 Å². The van der Waals surface area contributed by atoms with Crippen molar-refractivity contribution in [1.82, 2.24) is 19.9 Å². The van der Waals surface area contributed by atoms with Crippen LogP contribution in [0.2, 0.25) is 0 Å². The predicted molar refractivity (Wildman–Crippen MR) is 87.9 cm³/mol. The van der Waals surface area contributed by atoms with E-state index in [9.17, 15) is 4.79 Å². The highest BCUT2D eigenvalue weighted by molar-refractivity contribution is 5.87. The zero-order valence-corrected chi connectivity index (χ0v) is 12.9. The first kappa shape index (κ1) is 10.2. The molecule has 1 aliphatic heterocycles. The molecule has 1 fully saturated rings.